The molecule has 0 amide bonds. The lowest BCUT2D eigenvalue weighted by Crippen LogP contribution is -2.07. The number of hydrogen-bond acceptors (Lipinski definition) is 5. The molecule has 0 aliphatic carbocycles. The number of aromatic nitrogens is 4. The number of rotatable bonds is 2. The number of hydrogen-bond donors (Lipinski definition) is 0. The third kappa shape index (κ3) is 2.60. The normalized spacial score (nSPS) is 12.9. The third-order valence-corrected chi connectivity index (χ3v) is 6.42. The van der Waals surface area contributed by atoms with Crippen LogP contribution >= 0.6 is 11.3 Å². The quantitative estimate of drug-likeness (QED) is 0.504. The van der Waals surface area contributed by atoms with Gasteiger partial charge in [0.05, 0.1) is 5.71 Å². The molecule has 3 aromatic heterocycles. The first kappa shape index (κ1) is 17.0. The molecule has 0 bridgehead atoms. The van der Waals surface area contributed by atoms with Gasteiger partial charge in [-0.2, -0.15) is 0 Å². The second kappa shape index (κ2) is 6.49. The van der Waals surface area contributed by atoms with Crippen molar-refractivity contribution in [2.24, 2.45) is 4.99 Å². The summed E-state index contributed by atoms with van der Waals surface area (Å²) >= 11 is 1.78. The van der Waals surface area contributed by atoms with Crippen molar-refractivity contribution < 1.29 is 0 Å². The highest BCUT2D eigenvalue weighted by molar-refractivity contribution is 7.15. The Kier molecular flexibility index (Phi) is 3.94. The van der Waals surface area contributed by atoms with Gasteiger partial charge in [0.15, 0.2) is 5.82 Å². The van der Waals surface area contributed by atoms with Crippen LogP contribution in [0.5, 0.6) is 0 Å². The van der Waals surface area contributed by atoms with E-state index in [1.807, 2.05) is 19.2 Å². The van der Waals surface area contributed by atoms with E-state index in [1.165, 1.54) is 21.0 Å². The summed E-state index contributed by atoms with van der Waals surface area (Å²) < 4.78 is 2.15. The van der Waals surface area contributed by atoms with Gasteiger partial charge in [-0.15, -0.1) is 21.5 Å². The molecular formula is C22H19N5S. The van der Waals surface area contributed by atoms with Gasteiger partial charge in [0.25, 0.3) is 0 Å². The van der Waals surface area contributed by atoms with Crippen molar-refractivity contribution in [3.05, 3.63) is 82.0 Å². The van der Waals surface area contributed by atoms with Crippen molar-refractivity contribution in [1.82, 2.24) is 19.7 Å². The van der Waals surface area contributed by atoms with Gasteiger partial charge in [0.2, 0.25) is 0 Å². The van der Waals surface area contributed by atoms with Crippen LogP contribution in [0.1, 0.15) is 33.2 Å². The summed E-state index contributed by atoms with van der Waals surface area (Å²) in [5, 5.41) is 9.77. The predicted octanol–water partition coefficient (Wildman–Crippen LogP) is 4.67. The van der Waals surface area contributed by atoms with E-state index in [9.17, 15) is 0 Å². The Balaban J connectivity index is 1.64. The number of aliphatic imine (C=N–C) groups is 1. The molecule has 0 fully saturated rings. The minimum atomic E-state index is 0.528. The van der Waals surface area contributed by atoms with E-state index < -0.39 is 0 Å². The molecule has 0 atom stereocenters. The van der Waals surface area contributed by atoms with E-state index >= 15 is 0 Å². The molecular weight excluding hydrogens is 366 g/mol. The number of benzene rings is 1. The smallest absolute Gasteiger partial charge is 0.160 e. The molecule has 1 aliphatic rings. The van der Waals surface area contributed by atoms with Gasteiger partial charge in [-0.25, -0.2) is 0 Å². The SMILES string of the molecule is Cc1sc2c(c1C)C(c1ccc(-c3cccnc3)cc1)=NCc1nnc(C)n1-2. The zero-order chi connectivity index (χ0) is 19.3. The Bertz CT molecular complexity index is 1200. The van der Waals surface area contributed by atoms with Crippen molar-refractivity contribution in [3.8, 4) is 16.1 Å². The zero-order valence-electron chi connectivity index (χ0n) is 16.0. The molecule has 0 saturated heterocycles. The lowest BCUT2D eigenvalue weighted by molar-refractivity contribution is 0.869. The minimum absolute atomic E-state index is 0.528. The molecule has 4 aromatic rings. The highest BCUT2D eigenvalue weighted by atomic mass is 32.1. The van der Waals surface area contributed by atoms with Crippen LogP contribution in [0.2, 0.25) is 0 Å². The number of pyridine rings is 1. The highest BCUT2D eigenvalue weighted by Gasteiger charge is 2.26. The summed E-state index contributed by atoms with van der Waals surface area (Å²) in [6.07, 6.45) is 3.68. The number of nitrogens with zero attached hydrogens (tertiary/aromatic N) is 5. The monoisotopic (exact) mass is 385 g/mol. The maximum atomic E-state index is 4.95. The first-order valence-corrected chi connectivity index (χ1v) is 10.0. The maximum absolute atomic E-state index is 4.95. The van der Waals surface area contributed by atoms with E-state index in [0.717, 1.165) is 34.1 Å². The molecule has 0 unspecified atom stereocenters. The minimum Gasteiger partial charge on any atom is -0.276 e. The molecule has 1 aromatic carbocycles. The Morgan fingerprint density at radius 1 is 0.929 bits per heavy atom. The van der Waals surface area contributed by atoms with Gasteiger partial charge in [0, 0.05) is 28.4 Å². The summed E-state index contributed by atoms with van der Waals surface area (Å²) in [4.78, 5) is 10.5. The van der Waals surface area contributed by atoms with Crippen LogP contribution in [-0.4, -0.2) is 25.5 Å². The fourth-order valence-electron chi connectivity index (χ4n) is 3.64. The van der Waals surface area contributed by atoms with Crippen LogP contribution in [0.15, 0.2) is 53.8 Å². The average molecular weight is 385 g/mol. The molecule has 138 valence electrons. The second-order valence-electron chi connectivity index (χ2n) is 6.95. The zero-order valence-corrected chi connectivity index (χ0v) is 16.8. The molecule has 5 rings (SSSR count). The molecule has 0 radical (unpaired) electrons. The van der Waals surface area contributed by atoms with Crippen LogP contribution in [0.25, 0.3) is 16.1 Å². The number of aryl methyl sites for hydroxylation is 2. The summed E-state index contributed by atoms with van der Waals surface area (Å²) in [6.45, 7) is 6.87. The summed E-state index contributed by atoms with van der Waals surface area (Å²) in [5.74, 6) is 1.79. The van der Waals surface area contributed by atoms with E-state index in [1.54, 1.807) is 17.5 Å². The van der Waals surface area contributed by atoms with Gasteiger partial charge in [-0.05, 0) is 43.5 Å². The summed E-state index contributed by atoms with van der Waals surface area (Å²) in [5.41, 5.74) is 6.87. The average Bonchev–Trinajstić information content (AvgIpc) is 3.17. The number of fused-ring (bicyclic) bond motifs is 3. The molecule has 0 spiro atoms. The molecule has 28 heavy (non-hydrogen) atoms. The van der Waals surface area contributed by atoms with E-state index in [2.05, 4.69) is 63.9 Å². The maximum Gasteiger partial charge on any atom is 0.160 e. The fourth-order valence-corrected chi connectivity index (χ4v) is 4.86. The molecule has 0 N–H and O–H groups in total. The summed E-state index contributed by atoms with van der Waals surface area (Å²) in [7, 11) is 0. The molecule has 1 aliphatic heterocycles. The lowest BCUT2D eigenvalue weighted by atomic mass is 9.97. The van der Waals surface area contributed by atoms with Gasteiger partial charge in [-0.3, -0.25) is 14.5 Å². The van der Waals surface area contributed by atoms with Crippen LogP contribution in [-0.2, 0) is 6.54 Å². The Morgan fingerprint density at radius 2 is 1.71 bits per heavy atom. The van der Waals surface area contributed by atoms with Gasteiger partial charge in [-0.1, -0.05) is 30.3 Å². The molecule has 6 heteroatoms. The fraction of sp³-hybridized carbons (Fsp3) is 0.182. The van der Waals surface area contributed by atoms with Crippen LogP contribution in [0.4, 0.5) is 0 Å². The van der Waals surface area contributed by atoms with Gasteiger partial charge in [0.1, 0.15) is 17.4 Å². The van der Waals surface area contributed by atoms with Crippen LogP contribution in [0, 0.1) is 20.8 Å². The van der Waals surface area contributed by atoms with Crippen LogP contribution < -0.4 is 0 Å². The Hall–Kier alpha value is -3.12. The molecule has 4 heterocycles. The van der Waals surface area contributed by atoms with E-state index in [4.69, 9.17) is 4.99 Å². The topological polar surface area (TPSA) is 56.0 Å². The lowest BCUT2D eigenvalue weighted by Gasteiger charge is -2.10. The largest absolute Gasteiger partial charge is 0.276 e. The predicted molar refractivity (Wildman–Crippen MR) is 112 cm³/mol. The van der Waals surface area contributed by atoms with Gasteiger partial charge < -0.3 is 0 Å². The van der Waals surface area contributed by atoms with Crippen molar-refractivity contribution in [2.45, 2.75) is 27.3 Å². The molecule has 0 saturated carbocycles. The highest BCUT2D eigenvalue weighted by Crippen LogP contribution is 2.36. The standard InChI is InChI=1S/C22H19N5S/c1-13-14(2)28-22-20(13)21(24-12-19-26-25-15(3)27(19)22)17-8-6-16(7-9-17)18-5-4-10-23-11-18/h4-11H,12H2,1-3H3. The Morgan fingerprint density at radius 3 is 2.46 bits per heavy atom. The summed E-state index contributed by atoms with van der Waals surface area (Å²) in [6, 6.07) is 12.6. The van der Waals surface area contributed by atoms with Crippen molar-refractivity contribution in [2.75, 3.05) is 0 Å². The first-order chi connectivity index (χ1) is 13.6. The molecule has 5 nitrogen and oxygen atoms in total. The third-order valence-electron chi connectivity index (χ3n) is 5.23. The van der Waals surface area contributed by atoms with Gasteiger partial charge >= 0.3 is 0 Å². The first-order valence-electron chi connectivity index (χ1n) is 9.20. The van der Waals surface area contributed by atoms with Crippen molar-refractivity contribution in [1.29, 1.82) is 0 Å². The second-order valence-corrected chi connectivity index (χ2v) is 8.15. The van der Waals surface area contributed by atoms with Crippen LogP contribution in [0.3, 0.4) is 0 Å². The van der Waals surface area contributed by atoms with Crippen molar-refractivity contribution in [3.63, 3.8) is 0 Å². The number of thiophene rings is 1. The Labute approximate surface area is 167 Å². The van der Waals surface area contributed by atoms with E-state index in [0.29, 0.717) is 6.54 Å². The van der Waals surface area contributed by atoms with E-state index in [-0.39, 0.29) is 0 Å². The van der Waals surface area contributed by atoms with Crippen molar-refractivity contribution >= 4 is 17.0 Å².